The molecule has 1 N–H and O–H groups in total. The predicted molar refractivity (Wildman–Crippen MR) is 52.6 cm³/mol. The van der Waals surface area contributed by atoms with Crippen LogP contribution in [-0.4, -0.2) is 11.1 Å². The summed E-state index contributed by atoms with van der Waals surface area (Å²) < 4.78 is 5.24. The van der Waals surface area contributed by atoms with E-state index in [2.05, 4.69) is 0 Å². The number of aryl methyl sites for hydroxylation is 2. The third-order valence-electron chi connectivity index (χ3n) is 2.49. The van der Waals surface area contributed by atoms with Crippen molar-refractivity contribution in [1.29, 1.82) is 0 Å². The molecule has 0 radical (unpaired) electrons. The molecule has 1 aromatic carbocycles. The number of aromatic carboxylic acids is 1. The van der Waals surface area contributed by atoms with Gasteiger partial charge in [-0.15, -0.1) is 0 Å². The lowest BCUT2D eigenvalue weighted by atomic mass is 10.1. The number of carboxylic acids is 1. The Balaban J connectivity index is 2.83. The summed E-state index contributed by atoms with van der Waals surface area (Å²) in [6.07, 6.45) is 1.29. The molecule has 0 aliphatic heterocycles. The molecular formula is C11H10O3. The third-order valence-corrected chi connectivity index (χ3v) is 2.49. The lowest BCUT2D eigenvalue weighted by Gasteiger charge is -1.99. The molecule has 14 heavy (non-hydrogen) atoms. The molecular weight excluding hydrogens is 180 g/mol. The van der Waals surface area contributed by atoms with Gasteiger partial charge in [0.2, 0.25) is 0 Å². The van der Waals surface area contributed by atoms with Crippen molar-refractivity contribution in [3.05, 3.63) is 35.1 Å². The molecule has 0 unspecified atom stereocenters. The topological polar surface area (TPSA) is 50.4 Å². The summed E-state index contributed by atoms with van der Waals surface area (Å²) >= 11 is 0. The largest absolute Gasteiger partial charge is 0.478 e. The summed E-state index contributed by atoms with van der Waals surface area (Å²) in [5.41, 5.74) is 2.99. The van der Waals surface area contributed by atoms with Crippen molar-refractivity contribution in [2.45, 2.75) is 13.8 Å². The van der Waals surface area contributed by atoms with Crippen LogP contribution in [0.2, 0.25) is 0 Å². The van der Waals surface area contributed by atoms with Crippen molar-refractivity contribution in [3.8, 4) is 0 Å². The van der Waals surface area contributed by atoms with Gasteiger partial charge in [0.1, 0.15) is 17.4 Å². The summed E-state index contributed by atoms with van der Waals surface area (Å²) in [6.45, 7) is 3.89. The maximum absolute atomic E-state index is 10.8. The molecule has 0 bridgehead atoms. The van der Waals surface area contributed by atoms with Crippen molar-refractivity contribution in [3.63, 3.8) is 0 Å². The van der Waals surface area contributed by atoms with Gasteiger partial charge < -0.3 is 9.52 Å². The van der Waals surface area contributed by atoms with E-state index in [0.29, 0.717) is 11.0 Å². The third kappa shape index (κ3) is 1.09. The lowest BCUT2D eigenvalue weighted by Crippen LogP contribution is -1.93. The predicted octanol–water partition coefficient (Wildman–Crippen LogP) is 2.75. The second kappa shape index (κ2) is 2.87. The van der Waals surface area contributed by atoms with Crippen LogP contribution in [0.4, 0.5) is 0 Å². The molecule has 2 aromatic rings. The summed E-state index contributed by atoms with van der Waals surface area (Å²) in [5.74, 6) is -0.952. The van der Waals surface area contributed by atoms with Gasteiger partial charge in [-0.25, -0.2) is 4.79 Å². The highest BCUT2D eigenvalue weighted by Gasteiger charge is 2.13. The first kappa shape index (κ1) is 8.81. The molecule has 2 rings (SSSR count). The zero-order valence-corrected chi connectivity index (χ0v) is 8.00. The highest BCUT2D eigenvalue weighted by atomic mass is 16.4. The van der Waals surface area contributed by atoms with Crippen molar-refractivity contribution in [2.24, 2.45) is 0 Å². The Bertz CT molecular complexity index is 508. The van der Waals surface area contributed by atoms with E-state index in [4.69, 9.17) is 9.52 Å². The Kier molecular flexibility index (Phi) is 1.81. The first-order chi connectivity index (χ1) is 6.61. The number of hydrogen-bond donors (Lipinski definition) is 1. The van der Waals surface area contributed by atoms with Crippen LogP contribution in [0.15, 0.2) is 22.8 Å². The molecule has 0 spiro atoms. The molecule has 0 saturated heterocycles. The second-order valence-electron chi connectivity index (χ2n) is 3.34. The zero-order valence-electron chi connectivity index (χ0n) is 8.00. The van der Waals surface area contributed by atoms with Crippen LogP contribution in [0, 0.1) is 13.8 Å². The summed E-state index contributed by atoms with van der Waals surface area (Å²) in [4.78, 5) is 10.8. The van der Waals surface area contributed by atoms with Gasteiger partial charge in [-0.1, -0.05) is 6.07 Å². The highest BCUT2D eigenvalue weighted by Crippen LogP contribution is 2.26. The molecule has 1 heterocycles. The molecule has 3 nitrogen and oxygen atoms in total. The summed E-state index contributed by atoms with van der Waals surface area (Å²) in [7, 11) is 0. The van der Waals surface area contributed by atoms with E-state index in [0.717, 1.165) is 11.1 Å². The van der Waals surface area contributed by atoms with Gasteiger partial charge in [0.15, 0.2) is 0 Å². The smallest absolute Gasteiger partial charge is 0.339 e. The van der Waals surface area contributed by atoms with Crippen molar-refractivity contribution in [1.82, 2.24) is 0 Å². The first-order valence-electron chi connectivity index (χ1n) is 4.32. The first-order valence-corrected chi connectivity index (χ1v) is 4.32. The Morgan fingerprint density at radius 3 is 2.71 bits per heavy atom. The van der Waals surface area contributed by atoms with Gasteiger partial charge in [0.25, 0.3) is 0 Å². The quantitative estimate of drug-likeness (QED) is 0.752. The fourth-order valence-electron chi connectivity index (χ4n) is 1.50. The van der Waals surface area contributed by atoms with E-state index in [9.17, 15) is 4.79 Å². The van der Waals surface area contributed by atoms with E-state index >= 15 is 0 Å². The van der Waals surface area contributed by atoms with Crippen LogP contribution in [-0.2, 0) is 0 Å². The van der Waals surface area contributed by atoms with Gasteiger partial charge in [-0.2, -0.15) is 0 Å². The molecule has 0 fully saturated rings. The Morgan fingerprint density at radius 1 is 1.36 bits per heavy atom. The van der Waals surface area contributed by atoms with Crippen LogP contribution in [0.5, 0.6) is 0 Å². The van der Waals surface area contributed by atoms with Gasteiger partial charge >= 0.3 is 5.97 Å². The number of rotatable bonds is 1. The molecule has 0 aliphatic carbocycles. The average molecular weight is 190 g/mol. The standard InChI is InChI=1S/C11H10O3/c1-6-3-4-8-9(11(12)13)5-14-10(8)7(6)2/h3-5H,1-2H3,(H,12,13). The van der Waals surface area contributed by atoms with Crippen LogP contribution < -0.4 is 0 Å². The minimum atomic E-state index is -0.952. The van der Waals surface area contributed by atoms with Crippen LogP contribution in [0.1, 0.15) is 21.5 Å². The fourth-order valence-corrected chi connectivity index (χ4v) is 1.50. The minimum absolute atomic E-state index is 0.225. The number of furan rings is 1. The van der Waals surface area contributed by atoms with Gasteiger partial charge in [0, 0.05) is 5.39 Å². The zero-order chi connectivity index (χ0) is 10.3. The Morgan fingerprint density at radius 2 is 2.07 bits per heavy atom. The second-order valence-corrected chi connectivity index (χ2v) is 3.34. The molecule has 1 aromatic heterocycles. The summed E-state index contributed by atoms with van der Waals surface area (Å²) in [5, 5.41) is 9.54. The van der Waals surface area contributed by atoms with Crippen molar-refractivity contribution < 1.29 is 14.3 Å². The maximum Gasteiger partial charge on any atom is 0.339 e. The van der Waals surface area contributed by atoms with Gasteiger partial charge in [-0.3, -0.25) is 0 Å². The Labute approximate surface area is 81.0 Å². The Hall–Kier alpha value is -1.77. The summed E-state index contributed by atoms with van der Waals surface area (Å²) in [6, 6.07) is 3.68. The van der Waals surface area contributed by atoms with E-state index in [1.54, 1.807) is 6.07 Å². The van der Waals surface area contributed by atoms with E-state index in [1.165, 1.54) is 6.26 Å². The lowest BCUT2D eigenvalue weighted by molar-refractivity contribution is 0.0698. The molecule has 0 saturated carbocycles. The highest BCUT2D eigenvalue weighted by molar-refractivity contribution is 6.03. The van der Waals surface area contributed by atoms with E-state index < -0.39 is 5.97 Å². The monoisotopic (exact) mass is 190 g/mol. The molecule has 72 valence electrons. The van der Waals surface area contributed by atoms with Gasteiger partial charge in [-0.05, 0) is 31.0 Å². The minimum Gasteiger partial charge on any atom is -0.478 e. The molecule has 0 amide bonds. The fraction of sp³-hybridized carbons (Fsp3) is 0.182. The molecule has 0 aliphatic rings. The van der Waals surface area contributed by atoms with Crippen LogP contribution in [0.3, 0.4) is 0 Å². The van der Waals surface area contributed by atoms with E-state index in [1.807, 2.05) is 19.9 Å². The van der Waals surface area contributed by atoms with Crippen LogP contribution >= 0.6 is 0 Å². The number of carbonyl (C=O) groups is 1. The maximum atomic E-state index is 10.8. The number of hydrogen-bond acceptors (Lipinski definition) is 2. The number of fused-ring (bicyclic) bond motifs is 1. The van der Waals surface area contributed by atoms with Crippen molar-refractivity contribution >= 4 is 16.9 Å². The van der Waals surface area contributed by atoms with Gasteiger partial charge in [0.05, 0.1) is 0 Å². The molecule has 0 atom stereocenters. The number of carboxylic acid groups (broad SMARTS) is 1. The molecule has 3 heteroatoms. The van der Waals surface area contributed by atoms with E-state index in [-0.39, 0.29) is 5.56 Å². The number of benzene rings is 1. The van der Waals surface area contributed by atoms with Crippen molar-refractivity contribution in [2.75, 3.05) is 0 Å². The average Bonchev–Trinajstić information content (AvgIpc) is 2.55. The SMILES string of the molecule is Cc1ccc2c(C(=O)O)coc2c1C. The van der Waals surface area contributed by atoms with Crippen LogP contribution in [0.25, 0.3) is 11.0 Å². The normalized spacial score (nSPS) is 10.7.